The van der Waals surface area contributed by atoms with Crippen LogP contribution in [-0.4, -0.2) is 69.3 Å². The second kappa shape index (κ2) is 7.92. The van der Waals surface area contributed by atoms with E-state index < -0.39 is 5.91 Å². The third kappa shape index (κ3) is 4.27. The van der Waals surface area contributed by atoms with Crippen molar-refractivity contribution < 1.29 is 19.7 Å². The zero-order chi connectivity index (χ0) is 17.9. The van der Waals surface area contributed by atoms with Gasteiger partial charge in [0.25, 0.3) is 0 Å². The second-order valence-corrected chi connectivity index (χ2v) is 7.16. The van der Waals surface area contributed by atoms with Crippen LogP contribution in [-0.2, 0) is 0 Å². The largest absolute Gasteiger partial charge is 0.493 e. The first-order chi connectivity index (χ1) is 12.0. The third-order valence-corrected chi connectivity index (χ3v) is 5.37. The SMILES string of the molecule is COc1cc2c(Cl)ncnc2cc1OCCCN1CCSCC1(O)O. The summed E-state index contributed by atoms with van der Waals surface area (Å²) in [5.41, 5.74) is 0.675. The molecule has 2 aromatic rings. The summed E-state index contributed by atoms with van der Waals surface area (Å²) in [7, 11) is 1.56. The van der Waals surface area contributed by atoms with Crippen LogP contribution in [0.1, 0.15) is 6.42 Å². The summed E-state index contributed by atoms with van der Waals surface area (Å²) in [6.45, 7) is 1.60. The maximum absolute atomic E-state index is 9.95. The van der Waals surface area contributed by atoms with Crippen molar-refractivity contribution in [3.63, 3.8) is 0 Å². The zero-order valence-corrected chi connectivity index (χ0v) is 15.4. The fraction of sp³-hybridized carbons (Fsp3) is 0.500. The normalized spacial score (nSPS) is 17.6. The molecule has 0 saturated carbocycles. The van der Waals surface area contributed by atoms with Gasteiger partial charge in [-0.05, 0) is 12.5 Å². The molecule has 2 N–H and O–H groups in total. The number of hydrogen-bond acceptors (Lipinski definition) is 8. The number of benzene rings is 1. The molecule has 1 aromatic carbocycles. The molecule has 0 atom stereocenters. The topological polar surface area (TPSA) is 87.9 Å². The number of halogens is 1. The number of hydrogen-bond donors (Lipinski definition) is 2. The maximum atomic E-state index is 9.95. The second-order valence-electron chi connectivity index (χ2n) is 5.70. The zero-order valence-electron chi connectivity index (χ0n) is 13.8. The van der Waals surface area contributed by atoms with E-state index in [0.29, 0.717) is 59.4 Å². The Morgan fingerprint density at radius 1 is 1.32 bits per heavy atom. The molecule has 1 aliphatic rings. The molecule has 0 spiro atoms. The van der Waals surface area contributed by atoms with Crippen LogP contribution in [0.3, 0.4) is 0 Å². The maximum Gasteiger partial charge on any atom is 0.234 e. The smallest absolute Gasteiger partial charge is 0.234 e. The van der Waals surface area contributed by atoms with Gasteiger partial charge >= 0.3 is 0 Å². The quantitative estimate of drug-likeness (QED) is 0.441. The van der Waals surface area contributed by atoms with Crippen molar-refractivity contribution in [1.29, 1.82) is 0 Å². The van der Waals surface area contributed by atoms with Crippen molar-refractivity contribution in [2.75, 3.05) is 38.3 Å². The minimum Gasteiger partial charge on any atom is -0.493 e. The van der Waals surface area contributed by atoms with Crippen LogP contribution < -0.4 is 9.47 Å². The van der Waals surface area contributed by atoms with Gasteiger partial charge in [0.2, 0.25) is 5.91 Å². The molecule has 1 aliphatic heterocycles. The van der Waals surface area contributed by atoms with Gasteiger partial charge in [-0.1, -0.05) is 11.6 Å². The first-order valence-electron chi connectivity index (χ1n) is 7.90. The number of nitrogens with zero attached hydrogens (tertiary/aromatic N) is 3. The Morgan fingerprint density at radius 3 is 2.92 bits per heavy atom. The number of rotatable bonds is 6. The van der Waals surface area contributed by atoms with Crippen LogP contribution in [0.2, 0.25) is 5.15 Å². The molecule has 1 aromatic heterocycles. The molecule has 7 nitrogen and oxygen atoms in total. The molecule has 1 fully saturated rings. The molecule has 9 heteroatoms. The number of methoxy groups -OCH3 is 1. The van der Waals surface area contributed by atoms with Crippen molar-refractivity contribution >= 4 is 34.3 Å². The van der Waals surface area contributed by atoms with Crippen molar-refractivity contribution in [2.45, 2.75) is 12.3 Å². The first kappa shape index (κ1) is 18.5. The van der Waals surface area contributed by atoms with Crippen LogP contribution in [0.5, 0.6) is 11.5 Å². The van der Waals surface area contributed by atoms with Crippen LogP contribution in [0.4, 0.5) is 0 Å². The Hall–Kier alpha value is -1.32. The van der Waals surface area contributed by atoms with E-state index in [2.05, 4.69) is 9.97 Å². The molecule has 3 rings (SSSR count). The molecular formula is C16H20ClN3O4S. The molecule has 0 amide bonds. The third-order valence-electron chi connectivity index (χ3n) is 4.01. The van der Waals surface area contributed by atoms with Crippen LogP contribution >= 0.6 is 23.4 Å². The van der Waals surface area contributed by atoms with Crippen LogP contribution in [0, 0.1) is 0 Å². The molecular weight excluding hydrogens is 366 g/mol. The lowest BCUT2D eigenvalue weighted by Crippen LogP contribution is -2.54. The number of aliphatic hydroxyl groups is 2. The summed E-state index contributed by atoms with van der Waals surface area (Å²) in [5.74, 6) is 0.572. The van der Waals surface area contributed by atoms with Crippen LogP contribution in [0.15, 0.2) is 18.5 Å². The van der Waals surface area contributed by atoms with Gasteiger partial charge in [0.15, 0.2) is 11.5 Å². The van der Waals surface area contributed by atoms with E-state index in [-0.39, 0.29) is 0 Å². The lowest BCUT2D eigenvalue weighted by molar-refractivity contribution is -0.247. The summed E-state index contributed by atoms with van der Waals surface area (Å²) >= 11 is 7.61. The Kier molecular flexibility index (Phi) is 5.85. The van der Waals surface area contributed by atoms with E-state index in [1.165, 1.54) is 18.1 Å². The first-order valence-corrected chi connectivity index (χ1v) is 9.43. The standard InChI is InChI=1S/C16H20ClN3O4S/c1-23-13-7-11-12(18-10-19-15(11)17)8-14(13)24-5-2-3-20-4-6-25-9-16(20,21)22/h7-8,10,21-22H,2-6,9H2,1H3. The molecule has 0 aliphatic carbocycles. The van der Waals surface area contributed by atoms with Gasteiger partial charge in [-0.2, -0.15) is 11.8 Å². The summed E-state index contributed by atoms with van der Waals surface area (Å²) in [6.07, 6.45) is 2.05. The monoisotopic (exact) mass is 385 g/mol. The average Bonchev–Trinajstić information content (AvgIpc) is 2.59. The summed E-state index contributed by atoms with van der Waals surface area (Å²) in [4.78, 5) is 9.81. The molecule has 25 heavy (non-hydrogen) atoms. The summed E-state index contributed by atoms with van der Waals surface area (Å²) < 4.78 is 11.2. The molecule has 136 valence electrons. The lowest BCUT2D eigenvalue weighted by Gasteiger charge is -2.38. The van der Waals surface area contributed by atoms with E-state index in [1.54, 1.807) is 24.1 Å². The van der Waals surface area contributed by atoms with Gasteiger partial charge in [-0.15, -0.1) is 0 Å². The molecule has 1 saturated heterocycles. The highest BCUT2D eigenvalue weighted by Crippen LogP contribution is 2.33. The summed E-state index contributed by atoms with van der Waals surface area (Å²) in [5, 5.41) is 21.0. The molecule has 0 radical (unpaired) electrons. The Labute approximate surface area is 154 Å². The molecule has 2 heterocycles. The van der Waals surface area contributed by atoms with Gasteiger partial charge < -0.3 is 19.7 Å². The fourth-order valence-corrected chi connectivity index (χ4v) is 3.83. The van der Waals surface area contributed by atoms with Crippen molar-refractivity contribution in [2.24, 2.45) is 0 Å². The minimum atomic E-state index is -1.74. The predicted molar refractivity (Wildman–Crippen MR) is 97.3 cm³/mol. The van der Waals surface area contributed by atoms with Crippen LogP contribution in [0.25, 0.3) is 10.9 Å². The highest BCUT2D eigenvalue weighted by molar-refractivity contribution is 7.99. The van der Waals surface area contributed by atoms with E-state index in [9.17, 15) is 10.2 Å². The van der Waals surface area contributed by atoms with Crippen molar-refractivity contribution in [3.8, 4) is 11.5 Å². The number of aromatic nitrogens is 2. The minimum absolute atomic E-state index is 0.298. The summed E-state index contributed by atoms with van der Waals surface area (Å²) in [6, 6.07) is 3.52. The Morgan fingerprint density at radius 2 is 2.16 bits per heavy atom. The van der Waals surface area contributed by atoms with E-state index in [1.807, 2.05) is 0 Å². The molecule has 0 bridgehead atoms. The van der Waals surface area contributed by atoms with Gasteiger partial charge in [0.05, 0.1) is 25.0 Å². The highest BCUT2D eigenvalue weighted by Gasteiger charge is 2.34. The van der Waals surface area contributed by atoms with Crippen molar-refractivity contribution in [1.82, 2.24) is 14.9 Å². The number of thioether (sulfide) groups is 1. The predicted octanol–water partition coefficient (Wildman–Crippen LogP) is 1.75. The van der Waals surface area contributed by atoms with Crippen molar-refractivity contribution in [3.05, 3.63) is 23.6 Å². The lowest BCUT2D eigenvalue weighted by atomic mass is 10.2. The highest BCUT2D eigenvalue weighted by atomic mass is 35.5. The molecule has 0 unspecified atom stereocenters. The van der Waals surface area contributed by atoms with Gasteiger partial charge in [-0.3, -0.25) is 4.90 Å². The van der Waals surface area contributed by atoms with E-state index >= 15 is 0 Å². The Balaban J connectivity index is 1.63. The van der Waals surface area contributed by atoms with E-state index in [0.717, 1.165) is 5.75 Å². The van der Waals surface area contributed by atoms with Gasteiger partial charge in [0, 0.05) is 30.3 Å². The average molecular weight is 386 g/mol. The number of fused-ring (bicyclic) bond motifs is 1. The fourth-order valence-electron chi connectivity index (χ4n) is 2.69. The number of ether oxygens (including phenoxy) is 2. The Bertz CT molecular complexity index is 747. The van der Waals surface area contributed by atoms with E-state index in [4.69, 9.17) is 21.1 Å². The van der Waals surface area contributed by atoms with Gasteiger partial charge in [-0.25, -0.2) is 9.97 Å². The van der Waals surface area contributed by atoms with Gasteiger partial charge in [0.1, 0.15) is 11.5 Å².